The topological polar surface area (TPSA) is 68.0 Å². The van der Waals surface area contributed by atoms with E-state index in [2.05, 4.69) is 15.5 Å². The molecule has 0 saturated heterocycles. The number of halogens is 2. The maximum Gasteiger partial charge on any atom is 0.308 e. The Morgan fingerprint density at radius 1 is 1.17 bits per heavy atom. The molecule has 1 amide bonds. The molecule has 0 aliphatic heterocycles. The van der Waals surface area contributed by atoms with Crippen LogP contribution < -0.4 is 5.32 Å². The molecular formula is C17H13ClFN3O2. The highest BCUT2D eigenvalue weighted by Crippen LogP contribution is 2.18. The summed E-state index contributed by atoms with van der Waals surface area (Å²) in [5.41, 5.74) is 1.56. The molecule has 3 rings (SSSR count). The van der Waals surface area contributed by atoms with Gasteiger partial charge >= 0.3 is 11.8 Å². The number of nitrogens with one attached hydrogen (secondary N) is 1. The van der Waals surface area contributed by atoms with Crippen molar-refractivity contribution in [3.05, 3.63) is 70.8 Å². The average Bonchev–Trinajstić information content (AvgIpc) is 3.05. The van der Waals surface area contributed by atoms with Gasteiger partial charge in [-0.05, 0) is 48.4 Å². The van der Waals surface area contributed by atoms with Crippen LogP contribution in [0.15, 0.2) is 52.9 Å². The Morgan fingerprint density at radius 3 is 2.71 bits per heavy atom. The van der Waals surface area contributed by atoms with Crippen LogP contribution in [0.25, 0.3) is 11.5 Å². The van der Waals surface area contributed by atoms with Gasteiger partial charge in [-0.15, -0.1) is 10.2 Å². The van der Waals surface area contributed by atoms with Gasteiger partial charge in [0.15, 0.2) is 0 Å². The van der Waals surface area contributed by atoms with Crippen LogP contribution in [0.1, 0.15) is 16.2 Å². The summed E-state index contributed by atoms with van der Waals surface area (Å²) in [7, 11) is 0. The highest BCUT2D eigenvalue weighted by atomic mass is 35.5. The molecule has 2 aromatic carbocycles. The predicted octanol–water partition coefficient (Wildman–Crippen LogP) is 3.50. The van der Waals surface area contributed by atoms with Crippen LogP contribution in [0.4, 0.5) is 4.39 Å². The van der Waals surface area contributed by atoms with Gasteiger partial charge in [0.25, 0.3) is 0 Å². The Morgan fingerprint density at radius 2 is 1.96 bits per heavy atom. The first-order valence-corrected chi connectivity index (χ1v) is 7.62. The van der Waals surface area contributed by atoms with Crippen molar-refractivity contribution >= 4 is 17.5 Å². The number of rotatable bonds is 5. The summed E-state index contributed by atoms with van der Waals surface area (Å²) in [5.74, 6) is -0.800. The molecule has 0 bridgehead atoms. The highest BCUT2D eigenvalue weighted by molar-refractivity contribution is 6.30. The van der Waals surface area contributed by atoms with Crippen LogP contribution in [0.3, 0.4) is 0 Å². The van der Waals surface area contributed by atoms with E-state index in [-0.39, 0.29) is 17.6 Å². The van der Waals surface area contributed by atoms with E-state index >= 15 is 0 Å². The van der Waals surface area contributed by atoms with Gasteiger partial charge < -0.3 is 9.73 Å². The minimum absolute atomic E-state index is 0.139. The second-order valence-electron chi connectivity index (χ2n) is 5.06. The van der Waals surface area contributed by atoms with Gasteiger partial charge in [-0.25, -0.2) is 4.39 Å². The molecule has 1 N–H and O–H groups in total. The molecular weight excluding hydrogens is 333 g/mol. The van der Waals surface area contributed by atoms with Crippen molar-refractivity contribution in [3.8, 4) is 11.5 Å². The van der Waals surface area contributed by atoms with E-state index in [1.807, 2.05) is 18.2 Å². The number of hydrogen-bond donors (Lipinski definition) is 1. The van der Waals surface area contributed by atoms with E-state index in [0.717, 1.165) is 5.56 Å². The molecule has 0 aliphatic carbocycles. The van der Waals surface area contributed by atoms with Crippen molar-refractivity contribution in [2.75, 3.05) is 6.54 Å². The molecule has 1 heterocycles. The number of carbonyl (C=O) groups is 1. The first kappa shape index (κ1) is 16.1. The minimum Gasteiger partial charge on any atom is -0.412 e. The SMILES string of the molecule is O=C(NCCc1cccc(Cl)c1)c1nnc(-c2ccc(F)cc2)o1. The third kappa shape index (κ3) is 3.97. The Bertz CT molecular complexity index is 849. The Balaban J connectivity index is 1.58. The summed E-state index contributed by atoms with van der Waals surface area (Å²) in [6, 6.07) is 13.0. The summed E-state index contributed by atoms with van der Waals surface area (Å²) in [4.78, 5) is 12.0. The standard InChI is InChI=1S/C17H13ClFN3O2/c18-13-3-1-2-11(10-13)8-9-20-15(23)17-22-21-16(24-17)12-4-6-14(19)7-5-12/h1-7,10H,8-9H2,(H,20,23). The summed E-state index contributed by atoms with van der Waals surface area (Å²) >= 11 is 5.91. The van der Waals surface area contributed by atoms with Crippen LogP contribution >= 0.6 is 11.6 Å². The second-order valence-corrected chi connectivity index (χ2v) is 5.49. The number of aromatic nitrogens is 2. The molecule has 24 heavy (non-hydrogen) atoms. The summed E-state index contributed by atoms with van der Waals surface area (Å²) in [6.45, 7) is 0.410. The lowest BCUT2D eigenvalue weighted by molar-refractivity contribution is 0.0920. The molecule has 7 heteroatoms. The second kappa shape index (κ2) is 7.23. The van der Waals surface area contributed by atoms with Gasteiger partial charge in [0, 0.05) is 17.1 Å². The monoisotopic (exact) mass is 345 g/mol. The third-order valence-electron chi connectivity index (χ3n) is 3.30. The maximum absolute atomic E-state index is 12.9. The fraction of sp³-hybridized carbons (Fsp3) is 0.118. The largest absolute Gasteiger partial charge is 0.412 e. The number of amides is 1. The highest BCUT2D eigenvalue weighted by Gasteiger charge is 2.15. The molecule has 0 spiro atoms. The molecule has 5 nitrogen and oxygen atoms in total. The molecule has 0 radical (unpaired) electrons. The van der Waals surface area contributed by atoms with Crippen LogP contribution in [0.2, 0.25) is 5.02 Å². The zero-order valence-electron chi connectivity index (χ0n) is 12.5. The minimum atomic E-state index is -0.460. The molecule has 0 aliphatic rings. The van der Waals surface area contributed by atoms with E-state index < -0.39 is 5.91 Å². The van der Waals surface area contributed by atoms with E-state index in [0.29, 0.717) is 23.6 Å². The number of benzene rings is 2. The summed E-state index contributed by atoms with van der Waals surface area (Å²) in [5, 5.41) is 10.9. The van der Waals surface area contributed by atoms with Crippen molar-refractivity contribution in [3.63, 3.8) is 0 Å². The predicted molar refractivity (Wildman–Crippen MR) is 87.2 cm³/mol. The Labute approximate surface area is 142 Å². The summed E-state index contributed by atoms with van der Waals surface area (Å²) in [6.07, 6.45) is 0.630. The maximum atomic E-state index is 12.9. The fourth-order valence-electron chi connectivity index (χ4n) is 2.11. The smallest absolute Gasteiger partial charge is 0.308 e. The first-order valence-electron chi connectivity index (χ1n) is 7.24. The van der Waals surface area contributed by atoms with Gasteiger partial charge in [0.05, 0.1) is 0 Å². The van der Waals surface area contributed by atoms with Crippen molar-refractivity contribution in [2.24, 2.45) is 0 Å². The van der Waals surface area contributed by atoms with Crippen molar-refractivity contribution in [2.45, 2.75) is 6.42 Å². The van der Waals surface area contributed by atoms with Crippen LogP contribution in [-0.4, -0.2) is 22.6 Å². The van der Waals surface area contributed by atoms with Crippen LogP contribution in [0.5, 0.6) is 0 Å². The van der Waals surface area contributed by atoms with Crippen molar-refractivity contribution in [1.82, 2.24) is 15.5 Å². The quantitative estimate of drug-likeness (QED) is 0.768. The molecule has 0 atom stereocenters. The van der Waals surface area contributed by atoms with E-state index in [1.165, 1.54) is 24.3 Å². The zero-order valence-corrected chi connectivity index (χ0v) is 13.3. The van der Waals surface area contributed by atoms with Gasteiger partial charge in [-0.2, -0.15) is 0 Å². The average molecular weight is 346 g/mol. The van der Waals surface area contributed by atoms with E-state index in [1.54, 1.807) is 6.07 Å². The molecule has 3 aromatic rings. The van der Waals surface area contributed by atoms with Crippen LogP contribution in [0, 0.1) is 5.82 Å². The number of hydrogen-bond acceptors (Lipinski definition) is 4. The van der Waals surface area contributed by atoms with Gasteiger partial charge in [0.1, 0.15) is 5.82 Å². The van der Waals surface area contributed by atoms with Gasteiger partial charge in [0.2, 0.25) is 5.89 Å². The van der Waals surface area contributed by atoms with Crippen molar-refractivity contribution < 1.29 is 13.6 Å². The van der Waals surface area contributed by atoms with Gasteiger partial charge in [-0.1, -0.05) is 23.7 Å². The van der Waals surface area contributed by atoms with E-state index in [4.69, 9.17) is 16.0 Å². The lowest BCUT2D eigenvalue weighted by atomic mass is 10.1. The zero-order chi connectivity index (χ0) is 16.9. The lowest BCUT2D eigenvalue weighted by Gasteiger charge is -2.03. The van der Waals surface area contributed by atoms with Crippen LogP contribution in [-0.2, 0) is 6.42 Å². The Hall–Kier alpha value is -2.73. The first-order chi connectivity index (χ1) is 11.6. The fourth-order valence-corrected chi connectivity index (χ4v) is 2.33. The number of carbonyl (C=O) groups excluding carboxylic acids is 1. The lowest BCUT2D eigenvalue weighted by Crippen LogP contribution is -2.26. The van der Waals surface area contributed by atoms with Crippen molar-refractivity contribution in [1.29, 1.82) is 0 Å². The molecule has 0 fully saturated rings. The summed E-state index contributed by atoms with van der Waals surface area (Å²) < 4.78 is 18.2. The normalized spacial score (nSPS) is 10.6. The third-order valence-corrected chi connectivity index (χ3v) is 3.53. The molecule has 0 saturated carbocycles. The number of nitrogens with zero attached hydrogens (tertiary/aromatic N) is 2. The Kier molecular flexibility index (Phi) is 4.86. The molecule has 122 valence electrons. The molecule has 1 aromatic heterocycles. The van der Waals surface area contributed by atoms with E-state index in [9.17, 15) is 9.18 Å². The van der Waals surface area contributed by atoms with Gasteiger partial charge in [-0.3, -0.25) is 4.79 Å². The molecule has 0 unspecified atom stereocenters.